The fraction of sp³-hybridized carbons (Fsp3) is 0.125. The van der Waals surface area contributed by atoms with E-state index < -0.39 is 5.91 Å². The smallest absolute Gasteiger partial charge is 0.275 e. The maximum Gasteiger partial charge on any atom is 0.275 e. The third kappa shape index (κ3) is 3.03. The normalized spacial score (nSPS) is 10.3. The Bertz CT molecular complexity index is 867. The summed E-state index contributed by atoms with van der Waals surface area (Å²) in [4.78, 5) is 24.6. The Morgan fingerprint density at radius 3 is 2.70 bits per heavy atom. The highest BCUT2D eigenvalue weighted by Gasteiger charge is 2.13. The largest absolute Gasteiger partial charge is 0.496 e. The fourth-order valence-corrected chi connectivity index (χ4v) is 2.13. The second-order valence-corrected chi connectivity index (χ2v) is 4.63. The van der Waals surface area contributed by atoms with Crippen molar-refractivity contribution in [3.63, 3.8) is 0 Å². The maximum absolute atomic E-state index is 12.4. The minimum atomic E-state index is -0.394. The lowest BCUT2D eigenvalue weighted by molar-refractivity contribution is 0.102. The monoisotopic (exact) mass is 310 g/mol. The molecule has 1 aromatic carbocycles. The summed E-state index contributed by atoms with van der Waals surface area (Å²) in [6.45, 7) is 0. The number of amides is 1. The van der Waals surface area contributed by atoms with Crippen molar-refractivity contribution in [1.29, 1.82) is 0 Å². The van der Waals surface area contributed by atoms with Gasteiger partial charge in [-0.1, -0.05) is 12.1 Å². The first kappa shape index (κ1) is 14.7. The lowest BCUT2D eigenvalue weighted by Crippen LogP contribution is -2.15. The molecule has 2 aromatic heterocycles. The minimum absolute atomic E-state index is 0.234. The minimum Gasteiger partial charge on any atom is -0.496 e. The highest BCUT2D eigenvalue weighted by molar-refractivity contribution is 6.04. The van der Waals surface area contributed by atoms with Crippen molar-refractivity contribution in [2.75, 3.05) is 19.5 Å². The van der Waals surface area contributed by atoms with Crippen molar-refractivity contribution in [3.05, 3.63) is 48.4 Å². The number of methoxy groups -OCH3 is 2. The number of hydrogen-bond donors (Lipinski definition) is 1. The molecule has 0 aliphatic heterocycles. The fourth-order valence-electron chi connectivity index (χ4n) is 2.13. The van der Waals surface area contributed by atoms with Crippen molar-refractivity contribution in [2.24, 2.45) is 0 Å². The highest BCUT2D eigenvalue weighted by atomic mass is 16.5. The molecule has 116 valence electrons. The number of nitrogens with zero attached hydrogens (tertiary/aromatic N) is 3. The first-order chi connectivity index (χ1) is 11.2. The van der Waals surface area contributed by atoms with Crippen LogP contribution in [-0.2, 0) is 0 Å². The van der Waals surface area contributed by atoms with Gasteiger partial charge in [-0.15, -0.1) is 0 Å². The van der Waals surface area contributed by atoms with Crippen molar-refractivity contribution >= 4 is 22.6 Å². The second-order valence-electron chi connectivity index (χ2n) is 4.63. The third-order valence-corrected chi connectivity index (χ3v) is 3.22. The quantitative estimate of drug-likeness (QED) is 0.795. The average molecular weight is 310 g/mol. The topological polar surface area (TPSA) is 86.2 Å². The number of para-hydroxylation sites is 1. The first-order valence-electron chi connectivity index (χ1n) is 6.82. The number of carbonyl (C=O) groups is 1. The molecule has 23 heavy (non-hydrogen) atoms. The van der Waals surface area contributed by atoms with E-state index in [0.29, 0.717) is 23.0 Å². The Balaban J connectivity index is 1.94. The molecule has 0 saturated carbocycles. The Morgan fingerprint density at radius 1 is 1.09 bits per heavy atom. The van der Waals surface area contributed by atoms with Gasteiger partial charge in [0.05, 0.1) is 19.7 Å². The van der Waals surface area contributed by atoms with E-state index in [0.717, 1.165) is 5.39 Å². The molecule has 0 bridgehead atoms. The molecule has 3 rings (SSSR count). The van der Waals surface area contributed by atoms with E-state index in [1.54, 1.807) is 13.2 Å². The van der Waals surface area contributed by atoms with E-state index >= 15 is 0 Å². The van der Waals surface area contributed by atoms with Gasteiger partial charge in [-0.25, -0.2) is 15.0 Å². The number of fused-ring (bicyclic) bond motifs is 1. The summed E-state index contributed by atoms with van der Waals surface area (Å²) in [6.07, 6.45) is 1.31. The van der Waals surface area contributed by atoms with Gasteiger partial charge >= 0.3 is 0 Å². The predicted molar refractivity (Wildman–Crippen MR) is 84.8 cm³/mol. The van der Waals surface area contributed by atoms with Crippen LogP contribution in [0, 0.1) is 0 Å². The number of anilines is 1. The Labute approximate surface area is 132 Å². The van der Waals surface area contributed by atoms with Gasteiger partial charge in [0.15, 0.2) is 0 Å². The van der Waals surface area contributed by atoms with Crippen LogP contribution in [0.25, 0.3) is 10.9 Å². The molecule has 0 spiro atoms. The standard InChI is InChI=1S/C16H14N4O3/c1-22-13-7-12(19-11-6-4-3-5-10(11)13)16(21)20-14-8-15(23-2)18-9-17-14/h3-9H,1-2H3,(H,17,18,20,21). The van der Waals surface area contributed by atoms with Gasteiger partial charge in [0.25, 0.3) is 5.91 Å². The Kier molecular flexibility index (Phi) is 4.01. The van der Waals surface area contributed by atoms with Crippen molar-refractivity contribution in [3.8, 4) is 11.6 Å². The van der Waals surface area contributed by atoms with E-state index in [2.05, 4.69) is 20.3 Å². The number of ether oxygens (including phenoxy) is 2. The van der Waals surface area contributed by atoms with Gasteiger partial charge in [0.2, 0.25) is 5.88 Å². The molecule has 3 aromatic rings. The zero-order valence-electron chi connectivity index (χ0n) is 12.6. The molecule has 0 aliphatic rings. The van der Waals surface area contributed by atoms with Gasteiger partial charge in [0, 0.05) is 17.5 Å². The van der Waals surface area contributed by atoms with Crippen LogP contribution in [0.2, 0.25) is 0 Å². The zero-order chi connectivity index (χ0) is 16.2. The summed E-state index contributed by atoms with van der Waals surface area (Å²) in [7, 11) is 3.04. The van der Waals surface area contributed by atoms with Crippen molar-refractivity contribution < 1.29 is 14.3 Å². The van der Waals surface area contributed by atoms with Gasteiger partial charge in [0.1, 0.15) is 23.6 Å². The summed E-state index contributed by atoms with van der Waals surface area (Å²) in [5.41, 5.74) is 0.912. The molecule has 1 N–H and O–H groups in total. The number of nitrogens with one attached hydrogen (secondary N) is 1. The number of hydrogen-bond acceptors (Lipinski definition) is 6. The number of rotatable bonds is 4. The molecule has 0 radical (unpaired) electrons. The van der Waals surface area contributed by atoms with Crippen molar-refractivity contribution in [2.45, 2.75) is 0 Å². The molecule has 7 heteroatoms. The van der Waals surface area contributed by atoms with Crippen LogP contribution in [-0.4, -0.2) is 35.1 Å². The summed E-state index contributed by atoms with van der Waals surface area (Å²) in [5, 5.41) is 3.50. The van der Waals surface area contributed by atoms with E-state index in [9.17, 15) is 4.79 Å². The van der Waals surface area contributed by atoms with Gasteiger partial charge < -0.3 is 14.8 Å². The average Bonchev–Trinajstić information content (AvgIpc) is 2.60. The van der Waals surface area contributed by atoms with Gasteiger partial charge in [-0.3, -0.25) is 4.79 Å². The summed E-state index contributed by atoms with van der Waals surface area (Å²) < 4.78 is 10.3. The van der Waals surface area contributed by atoms with E-state index in [1.165, 1.54) is 19.5 Å². The van der Waals surface area contributed by atoms with Crippen LogP contribution in [0.3, 0.4) is 0 Å². The molecule has 1 amide bonds. The Hall–Kier alpha value is -3.22. The van der Waals surface area contributed by atoms with E-state index in [1.807, 2.05) is 24.3 Å². The second kappa shape index (κ2) is 6.27. The number of carbonyl (C=O) groups excluding carboxylic acids is 1. The van der Waals surface area contributed by atoms with Crippen LogP contribution < -0.4 is 14.8 Å². The lowest BCUT2D eigenvalue weighted by atomic mass is 10.2. The van der Waals surface area contributed by atoms with Crippen LogP contribution in [0.4, 0.5) is 5.82 Å². The number of benzene rings is 1. The number of pyridine rings is 1. The van der Waals surface area contributed by atoms with Crippen molar-refractivity contribution in [1.82, 2.24) is 15.0 Å². The zero-order valence-corrected chi connectivity index (χ0v) is 12.6. The van der Waals surface area contributed by atoms with Crippen LogP contribution in [0.1, 0.15) is 10.5 Å². The van der Waals surface area contributed by atoms with Crippen LogP contribution >= 0.6 is 0 Å². The van der Waals surface area contributed by atoms with E-state index in [-0.39, 0.29) is 5.69 Å². The predicted octanol–water partition coefficient (Wildman–Crippen LogP) is 2.29. The molecular formula is C16H14N4O3. The molecule has 0 aliphatic carbocycles. The van der Waals surface area contributed by atoms with Gasteiger partial charge in [-0.05, 0) is 12.1 Å². The first-order valence-corrected chi connectivity index (χ1v) is 6.82. The third-order valence-electron chi connectivity index (χ3n) is 3.22. The van der Waals surface area contributed by atoms with Crippen LogP contribution in [0.15, 0.2) is 42.7 Å². The maximum atomic E-state index is 12.4. The van der Waals surface area contributed by atoms with Crippen LogP contribution in [0.5, 0.6) is 11.6 Å². The number of aromatic nitrogens is 3. The van der Waals surface area contributed by atoms with Gasteiger partial charge in [-0.2, -0.15) is 0 Å². The summed E-state index contributed by atoms with van der Waals surface area (Å²) in [6, 6.07) is 10.6. The molecule has 0 unspecified atom stereocenters. The SMILES string of the molecule is COc1cc(NC(=O)c2cc(OC)c3ccccc3n2)ncn1. The molecule has 2 heterocycles. The molecular weight excluding hydrogens is 296 g/mol. The molecule has 0 fully saturated rings. The lowest BCUT2D eigenvalue weighted by Gasteiger charge is -2.09. The summed E-state index contributed by atoms with van der Waals surface area (Å²) in [5.74, 6) is 0.881. The molecule has 7 nitrogen and oxygen atoms in total. The Morgan fingerprint density at radius 2 is 1.91 bits per heavy atom. The molecule has 0 atom stereocenters. The summed E-state index contributed by atoms with van der Waals surface area (Å²) >= 11 is 0. The van der Waals surface area contributed by atoms with E-state index in [4.69, 9.17) is 9.47 Å². The molecule has 0 saturated heterocycles. The highest BCUT2D eigenvalue weighted by Crippen LogP contribution is 2.25.